The number of thioether (sulfide) groups is 1. The Morgan fingerprint density at radius 3 is 2.93 bits per heavy atom. The maximum atomic E-state index is 10.7. The number of halogens is 1. The first kappa shape index (κ1) is 12.5. The SMILES string of the molecule is CC(=O)SCC=Cc1cccc(Br)c1C. The highest BCUT2D eigenvalue weighted by molar-refractivity contribution is 9.10. The zero-order chi connectivity index (χ0) is 11.3. The van der Waals surface area contributed by atoms with Crippen LogP contribution in [0.4, 0.5) is 0 Å². The number of carbonyl (C=O) groups excluding carboxylic acids is 1. The summed E-state index contributed by atoms with van der Waals surface area (Å²) in [5.41, 5.74) is 2.41. The minimum Gasteiger partial charge on any atom is -0.288 e. The highest BCUT2D eigenvalue weighted by atomic mass is 79.9. The van der Waals surface area contributed by atoms with Crippen LogP contribution in [0.25, 0.3) is 6.08 Å². The molecule has 0 bridgehead atoms. The van der Waals surface area contributed by atoms with Crippen LogP contribution in [0.3, 0.4) is 0 Å². The van der Waals surface area contributed by atoms with E-state index < -0.39 is 0 Å². The Morgan fingerprint density at radius 1 is 1.53 bits per heavy atom. The predicted molar refractivity (Wildman–Crippen MR) is 71.1 cm³/mol. The van der Waals surface area contributed by atoms with Gasteiger partial charge in [0, 0.05) is 17.1 Å². The Kier molecular flexibility index (Phi) is 5.12. The average Bonchev–Trinajstić information content (AvgIpc) is 2.18. The number of benzene rings is 1. The standard InChI is InChI=1S/C12H13BrOS/c1-9-11(5-3-7-12(9)13)6-4-8-15-10(2)14/h3-7H,8H2,1-2H3. The molecule has 0 atom stereocenters. The Labute approximate surface area is 103 Å². The van der Waals surface area contributed by atoms with Crippen LogP contribution >= 0.6 is 27.7 Å². The fourth-order valence-electron chi connectivity index (χ4n) is 1.15. The molecule has 0 aromatic heterocycles. The zero-order valence-corrected chi connectivity index (χ0v) is 11.2. The third kappa shape index (κ3) is 4.22. The molecule has 0 aliphatic heterocycles. The fraction of sp³-hybridized carbons (Fsp3) is 0.250. The smallest absolute Gasteiger partial charge is 0.186 e. The van der Waals surface area contributed by atoms with E-state index in [2.05, 4.69) is 35.0 Å². The molecule has 15 heavy (non-hydrogen) atoms. The third-order valence-corrected chi connectivity index (χ3v) is 3.61. The first-order valence-electron chi connectivity index (χ1n) is 4.66. The van der Waals surface area contributed by atoms with Gasteiger partial charge in [-0.1, -0.05) is 52.0 Å². The van der Waals surface area contributed by atoms with Gasteiger partial charge in [-0.05, 0) is 24.1 Å². The predicted octanol–water partition coefficient (Wildman–Crippen LogP) is 4.05. The second-order valence-electron chi connectivity index (χ2n) is 3.16. The summed E-state index contributed by atoms with van der Waals surface area (Å²) < 4.78 is 1.11. The van der Waals surface area contributed by atoms with E-state index in [0.717, 1.165) is 10.2 Å². The second kappa shape index (κ2) is 6.13. The van der Waals surface area contributed by atoms with E-state index in [9.17, 15) is 4.79 Å². The molecule has 1 aromatic rings. The average molecular weight is 285 g/mol. The lowest BCUT2D eigenvalue weighted by Gasteiger charge is -2.01. The summed E-state index contributed by atoms with van der Waals surface area (Å²) in [6.45, 7) is 3.66. The number of rotatable bonds is 3. The number of hydrogen-bond donors (Lipinski definition) is 0. The van der Waals surface area contributed by atoms with Gasteiger partial charge in [-0.25, -0.2) is 0 Å². The van der Waals surface area contributed by atoms with Crippen molar-refractivity contribution in [2.24, 2.45) is 0 Å². The van der Waals surface area contributed by atoms with E-state index in [0.29, 0.717) is 0 Å². The molecule has 3 heteroatoms. The Balaban J connectivity index is 2.64. The maximum absolute atomic E-state index is 10.7. The van der Waals surface area contributed by atoms with Gasteiger partial charge < -0.3 is 0 Å². The molecule has 0 aliphatic rings. The number of hydrogen-bond acceptors (Lipinski definition) is 2. The van der Waals surface area contributed by atoms with Crippen molar-refractivity contribution in [3.8, 4) is 0 Å². The number of carbonyl (C=O) groups is 1. The van der Waals surface area contributed by atoms with Crippen LogP contribution in [-0.4, -0.2) is 10.9 Å². The zero-order valence-electron chi connectivity index (χ0n) is 8.79. The molecular weight excluding hydrogens is 272 g/mol. The van der Waals surface area contributed by atoms with Gasteiger partial charge in [0.2, 0.25) is 0 Å². The largest absolute Gasteiger partial charge is 0.288 e. The van der Waals surface area contributed by atoms with Crippen molar-refractivity contribution >= 4 is 38.9 Å². The molecule has 0 radical (unpaired) electrons. The van der Waals surface area contributed by atoms with Gasteiger partial charge in [-0.3, -0.25) is 4.79 Å². The van der Waals surface area contributed by atoms with E-state index in [1.165, 1.54) is 22.9 Å². The van der Waals surface area contributed by atoms with Crippen molar-refractivity contribution in [3.63, 3.8) is 0 Å². The minimum absolute atomic E-state index is 0.158. The Hall–Kier alpha value is -0.540. The summed E-state index contributed by atoms with van der Waals surface area (Å²) in [5.74, 6) is 0.737. The van der Waals surface area contributed by atoms with Crippen molar-refractivity contribution < 1.29 is 4.79 Å². The molecule has 0 saturated carbocycles. The Morgan fingerprint density at radius 2 is 2.27 bits per heavy atom. The van der Waals surface area contributed by atoms with Crippen LogP contribution in [0.15, 0.2) is 28.7 Å². The van der Waals surface area contributed by atoms with E-state index in [1.54, 1.807) is 6.92 Å². The van der Waals surface area contributed by atoms with Crippen LogP contribution in [0.1, 0.15) is 18.1 Å². The molecule has 0 amide bonds. The van der Waals surface area contributed by atoms with Crippen molar-refractivity contribution in [2.45, 2.75) is 13.8 Å². The molecule has 0 saturated heterocycles. The van der Waals surface area contributed by atoms with Crippen LogP contribution < -0.4 is 0 Å². The summed E-state index contributed by atoms with van der Waals surface area (Å²) in [6, 6.07) is 6.10. The third-order valence-electron chi connectivity index (χ3n) is 1.99. The quantitative estimate of drug-likeness (QED) is 0.833. The first-order valence-corrected chi connectivity index (χ1v) is 6.44. The normalized spacial score (nSPS) is 10.9. The fourth-order valence-corrected chi connectivity index (χ4v) is 1.95. The van der Waals surface area contributed by atoms with Crippen LogP contribution in [0, 0.1) is 6.92 Å². The van der Waals surface area contributed by atoms with Gasteiger partial charge in [-0.15, -0.1) is 0 Å². The summed E-state index contributed by atoms with van der Waals surface area (Å²) in [6.07, 6.45) is 4.07. The van der Waals surface area contributed by atoms with E-state index in [1.807, 2.05) is 18.2 Å². The van der Waals surface area contributed by atoms with Crippen molar-refractivity contribution in [1.82, 2.24) is 0 Å². The molecular formula is C12H13BrOS. The minimum atomic E-state index is 0.158. The van der Waals surface area contributed by atoms with Crippen LogP contribution in [0.5, 0.6) is 0 Å². The summed E-state index contributed by atoms with van der Waals surface area (Å²) in [7, 11) is 0. The lowest BCUT2D eigenvalue weighted by molar-refractivity contribution is -0.109. The van der Waals surface area contributed by atoms with Crippen molar-refractivity contribution in [3.05, 3.63) is 39.9 Å². The highest BCUT2D eigenvalue weighted by Gasteiger charge is 1.97. The van der Waals surface area contributed by atoms with Crippen molar-refractivity contribution in [2.75, 3.05) is 5.75 Å². The van der Waals surface area contributed by atoms with Gasteiger partial charge in [-0.2, -0.15) is 0 Å². The summed E-state index contributed by atoms with van der Waals surface area (Å²) in [4.78, 5) is 10.7. The van der Waals surface area contributed by atoms with Gasteiger partial charge >= 0.3 is 0 Å². The lowest BCUT2D eigenvalue weighted by Crippen LogP contribution is -1.84. The molecule has 80 valence electrons. The Bertz CT molecular complexity index is 385. The first-order chi connectivity index (χ1) is 7.11. The monoisotopic (exact) mass is 284 g/mol. The van der Waals surface area contributed by atoms with Gasteiger partial charge in [0.15, 0.2) is 5.12 Å². The molecule has 0 spiro atoms. The second-order valence-corrected chi connectivity index (χ2v) is 5.21. The maximum Gasteiger partial charge on any atom is 0.186 e. The van der Waals surface area contributed by atoms with Crippen LogP contribution in [0.2, 0.25) is 0 Å². The molecule has 0 N–H and O–H groups in total. The van der Waals surface area contributed by atoms with Gasteiger partial charge in [0.05, 0.1) is 0 Å². The topological polar surface area (TPSA) is 17.1 Å². The molecule has 0 aliphatic carbocycles. The molecule has 1 rings (SSSR count). The van der Waals surface area contributed by atoms with E-state index in [4.69, 9.17) is 0 Å². The van der Waals surface area contributed by atoms with Gasteiger partial charge in [0.25, 0.3) is 0 Å². The van der Waals surface area contributed by atoms with Crippen LogP contribution in [-0.2, 0) is 4.79 Å². The molecule has 0 fully saturated rings. The van der Waals surface area contributed by atoms with Crippen molar-refractivity contribution in [1.29, 1.82) is 0 Å². The van der Waals surface area contributed by atoms with E-state index in [-0.39, 0.29) is 5.12 Å². The van der Waals surface area contributed by atoms with Gasteiger partial charge in [0.1, 0.15) is 0 Å². The lowest BCUT2D eigenvalue weighted by atomic mass is 10.1. The summed E-state index contributed by atoms with van der Waals surface area (Å²) in [5, 5.41) is 0.158. The summed E-state index contributed by atoms with van der Waals surface area (Å²) >= 11 is 4.81. The molecule has 1 aromatic carbocycles. The molecule has 0 unspecified atom stereocenters. The molecule has 1 nitrogen and oxygen atoms in total. The van der Waals surface area contributed by atoms with E-state index >= 15 is 0 Å². The molecule has 0 heterocycles. The highest BCUT2D eigenvalue weighted by Crippen LogP contribution is 2.20.